The zero-order chi connectivity index (χ0) is 17.3. The molecule has 24 heavy (non-hydrogen) atoms. The van der Waals surface area contributed by atoms with Gasteiger partial charge >= 0.3 is 5.97 Å². The summed E-state index contributed by atoms with van der Waals surface area (Å²) in [7, 11) is 3.14. The minimum atomic E-state index is -0.224. The van der Waals surface area contributed by atoms with E-state index in [1.54, 1.807) is 17.8 Å². The minimum absolute atomic E-state index is 0.0538. The van der Waals surface area contributed by atoms with Crippen molar-refractivity contribution < 1.29 is 14.3 Å². The minimum Gasteiger partial charge on any atom is -0.469 e. The first kappa shape index (κ1) is 16.2. The van der Waals surface area contributed by atoms with E-state index in [1.165, 1.54) is 7.11 Å². The molecule has 3 atom stereocenters. The van der Waals surface area contributed by atoms with Gasteiger partial charge in [-0.1, -0.05) is 30.3 Å². The Kier molecular flexibility index (Phi) is 4.38. The number of nitrogens with zero attached hydrogens (tertiary/aromatic N) is 2. The number of benzene rings is 1. The Balaban J connectivity index is 1.82. The Labute approximate surface area is 140 Å². The number of carbonyl (C=O) groups is 2. The molecule has 1 heterocycles. The van der Waals surface area contributed by atoms with Crippen molar-refractivity contribution in [3.63, 3.8) is 0 Å². The van der Waals surface area contributed by atoms with Crippen molar-refractivity contribution in [3.8, 4) is 0 Å². The average molecular weight is 327 g/mol. The highest BCUT2D eigenvalue weighted by Crippen LogP contribution is 2.48. The number of hydrogen-bond donors (Lipinski definition) is 1. The van der Waals surface area contributed by atoms with Crippen LogP contribution in [0.5, 0.6) is 0 Å². The number of amides is 1. The lowest BCUT2D eigenvalue weighted by atomic mass is 10.0. The molecule has 1 aromatic heterocycles. The van der Waals surface area contributed by atoms with E-state index in [9.17, 15) is 9.59 Å². The van der Waals surface area contributed by atoms with E-state index in [2.05, 4.69) is 10.4 Å². The summed E-state index contributed by atoms with van der Waals surface area (Å²) in [6, 6.07) is 11.2. The van der Waals surface area contributed by atoms with Crippen LogP contribution in [-0.2, 0) is 16.6 Å². The fraction of sp³-hybridized carbons (Fsp3) is 0.389. The van der Waals surface area contributed by atoms with E-state index in [0.29, 0.717) is 5.69 Å². The van der Waals surface area contributed by atoms with Crippen molar-refractivity contribution >= 4 is 11.9 Å². The molecule has 126 valence electrons. The molecular formula is C18H21N3O3. The van der Waals surface area contributed by atoms with Gasteiger partial charge in [0.05, 0.1) is 24.8 Å². The van der Waals surface area contributed by atoms with Crippen LogP contribution in [0.15, 0.2) is 36.4 Å². The maximum Gasteiger partial charge on any atom is 0.309 e. The molecule has 1 N–H and O–H groups in total. The van der Waals surface area contributed by atoms with Crippen LogP contribution in [-0.4, -0.2) is 28.8 Å². The molecule has 6 heteroatoms. The van der Waals surface area contributed by atoms with E-state index in [-0.39, 0.29) is 29.8 Å². The number of aromatic nitrogens is 2. The van der Waals surface area contributed by atoms with Gasteiger partial charge in [0.15, 0.2) is 0 Å². The molecule has 1 aliphatic carbocycles. The monoisotopic (exact) mass is 327 g/mol. The standard InChI is InChI=1S/C18H21N3O3/c1-11-9-15(21(2)20-11)17(22)19-16(12-7-5-4-6-8-12)13-10-14(13)18(23)24-3/h4-9,13-14,16H,10H2,1-3H3,(H,19,22)/t13-,14+,16-/m0/s1. The molecule has 0 aliphatic heterocycles. The lowest BCUT2D eigenvalue weighted by molar-refractivity contribution is -0.142. The van der Waals surface area contributed by atoms with Crippen LogP contribution in [0.25, 0.3) is 0 Å². The van der Waals surface area contributed by atoms with E-state index in [0.717, 1.165) is 17.7 Å². The number of methoxy groups -OCH3 is 1. The average Bonchev–Trinajstić information content (AvgIpc) is 3.30. The van der Waals surface area contributed by atoms with Crippen LogP contribution in [0.3, 0.4) is 0 Å². The normalized spacial score (nSPS) is 20.3. The third kappa shape index (κ3) is 3.18. The molecule has 1 aromatic carbocycles. The molecule has 1 saturated carbocycles. The van der Waals surface area contributed by atoms with Crippen LogP contribution < -0.4 is 5.32 Å². The quantitative estimate of drug-likeness (QED) is 0.853. The summed E-state index contributed by atoms with van der Waals surface area (Å²) >= 11 is 0. The Bertz CT molecular complexity index is 754. The fourth-order valence-electron chi connectivity index (χ4n) is 3.14. The van der Waals surface area contributed by atoms with E-state index in [1.807, 2.05) is 37.3 Å². The van der Waals surface area contributed by atoms with Gasteiger partial charge in [-0.15, -0.1) is 0 Å². The molecule has 1 amide bonds. The van der Waals surface area contributed by atoms with Crippen LogP contribution in [0.4, 0.5) is 0 Å². The molecule has 0 saturated heterocycles. The number of hydrogen-bond acceptors (Lipinski definition) is 4. The first-order valence-corrected chi connectivity index (χ1v) is 7.95. The first-order valence-electron chi connectivity index (χ1n) is 7.95. The van der Waals surface area contributed by atoms with Crippen LogP contribution in [0.1, 0.15) is 34.2 Å². The Morgan fingerprint density at radius 2 is 2.04 bits per heavy atom. The third-order valence-corrected chi connectivity index (χ3v) is 4.45. The van der Waals surface area contributed by atoms with Crippen molar-refractivity contribution in [1.82, 2.24) is 15.1 Å². The fourth-order valence-corrected chi connectivity index (χ4v) is 3.14. The maximum absolute atomic E-state index is 12.7. The number of carbonyl (C=O) groups excluding carboxylic acids is 2. The SMILES string of the molecule is COC(=O)[C@@H]1C[C@@H]1[C@@H](NC(=O)c1cc(C)nn1C)c1ccccc1. The molecule has 3 rings (SSSR count). The van der Waals surface area contributed by atoms with Gasteiger partial charge in [-0.25, -0.2) is 0 Å². The van der Waals surface area contributed by atoms with Gasteiger partial charge in [-0.2, -0.15) is 5.10 Å². The smallest absolute Gasteiger partial charge is 0.309 e. The summed E-state index contributed by atoms with van der Waals surface area (Å²) < 4.78 is 6.40. The number of ether oxygens (including phenoxy) is 1. The molecule has 0 radical (unpaired) electrons. The Hall–Kier alpha value is -2.63. The predicted molar refractivity (Wildman–Crippen MR) is 88.2 cm³/mol. The molecule has 1 aliphatic rings. The number of nitrogens with one attached hydrogen (secondary N) is 1. The summed E-state index contributed by atoms with van der Waals surface area (Å²) in [5.74, 6) is -0.513. The van der Waals surface area contributed by atoms with Gasteiger partial charge in [-0.05, 0) is 30.9 Å². The Morgan fingerprint density at radius 1 is 1.33 bits per heavy atom. The maximum atomic E-state index is 12.7. The summed E-state index contributed by atoms with van der Waals surface area (Å²) in [6.45, 7) is 1.85. The lowest BCUT2D eigenvalue weighted by Crippen LogP contribution is -2.32. The van der Waals surface area contributed by atoms with E-state index < -0.39 is 0 Å². The van der Waals surface area contributed by atoms with Crippen molar-refractivity contribution in [3.05, 3.63) is 53.3 Å². The molecule has 0 unspecified atom stereocenters. The van der Waals surface area contributed by atoms with Gasteiger partial charge in [0.25, 0.3) is 5.91 Å². The second-order valence-corrected chi connectivity index (χ2v) is 6.19. The largest absolute Gasteiger partial charge is 0.469 e. The molecule has 6 nitrogen and oxygen atoms in total. The topological polar surface area (TPSA) is 73.2 Å². The van der Waals surface area contributed by atoms with E-state index in [4.69, 9.17) is 4.74 Å². The highest BCUT2D eigenvalue weighted by Gasteiger charge is 2.49. The van der Waals surface area contributed by atoms with Gasteiger partial charge in [0.1, 0.15) is 5.69 Å². The highest BCUT2D eigenvalue weighted by molar-refractivity contribution is 5.93. The molecule has 0 spiro atoms. The lowest BCUT2D eigenvalue weighted by Gasteiger charge is -2.19. The summed E-state index contributed by atoms with van der Waals surface area (Å²) in [4.78, 5) is 24.4. The number of esters is 1. The third-order valence-electron chi connectivity index (χ3n) is 4.45. The van der Waals surface area contributed by atoms with E-state index >= 15 is 0 Å². The number of rotatable bonds is 5. The zero-order valence-corrected chi connectivity index (χ0v) is 14.0. The second-order valence-electron chi connectivity index (χ2n) is 6.19. The van der Waals surface area contributed by atoms with Gasteiger partial charge in [-0.3, -0.25) is 14.3 Å². The van der Waals surface area contributed by atoms with Gasteiger partial charge in [0.2, 0.25) is 0 Å². The van der Waals surface area contributed by atoms with Crippen molar-refractivity contribution in [2.24, 2.45) is 18.9 Å². The molecule has 2 aromatic rings. The van der Waals surface area contributed by atoms with Crippen molar-refractivity contribution in [2.45, 2.75) is 19.4 Å². The van der Waals surface area contributed by atoms with Crippen LogP contribution in [0.2, 0.25) is 0 Å². The summed E-state index contributed by atoms with van der Waals surface area (Å²) in [5.41, 5.74) is 2.28. The first-order chi connectivity index (χ1) is 11.5. The van der Waals surface area contributed by atoms with Crippen molar-refractivity contribution in [2.75, 3.05) is 7.11 Å². The van der Waals surface area contributed by atoms with Crippen LogP contribution in [0, 0.1) is 18.8 Å². The zero-order valence-electron chi connectivity index (χ0n) is 14.0. The van der Waals surface area contributed by atoms with Crippen molar-refractivity contribution in [1.29, 1.82) is 0 Å². The molecule has 0 bridgehead atoms. The highest BCUT2D eigenvalue weighted by atomic mass is 16.5. The Morgan fingerprint density at radius 3 is 2.62 bits per heavy atom. The van der Waals surface area contributed by atoms with Gasteiger partial charge < -0.3 is 10.1 Å². The summed E-state index contributed by atoms with van der Waals surface area (Å²) in [6.07, 6.45) is 0.719. The molecular weight excluding hydrogens is 306 g/mol. The molecule has 1 fully saturated rings. The number of aryl methyl sites for hydroxylation is 2. The summed E-state index contributed by atoms with van der Waals surface area (Å²) in [5, 5.41) is 7.28. The predicted octanol–water partition coefficient (Wildman–Crippen LogP) is 2.01. The van der Waals surface area contributed by atoms with Gasteiger partial charge in [0, 0.05) is 7.05 Å². The second kappa shape index (κ2) is 6.47. The van der Waals surface area contributed by atoms with Crippen LogP contribution >= 0.6 is 0 Å².